The van der Waals surface area contributed by atoms with Gasteiger partial charge in [0.15, 0.2) is 0 Å². The number of para-hydroxylation sites is 1. The third-order valence-electron chi connectivity index (χ3n) is 5.55. The number of fused-ring (bicyclic) bond motifs is 1. The molecule has 2 fully saturated rings. The second kappa shape index (κ2) is 7.46. The molecular formula is C19H26N4O4. The summed E-state index contributed by atoms with van der Waals surface area (Å²) >= 11 is 0. The quantitative estimate of drug-likeness (QED) is 0.693. The second-order valence-corrected chi connectivity index (χ2v) is 7.54. The van der Waals surface area contributed by atoms with Crippen LogP contribution < -0.4 is 20.9 Å². The molecule has 1 aromatic carbocycles. The maximum Gasteiger partial charge on any atom is 0.258 e. The molecular weight excluding hydrogens is 348 g/mol. The van der Waals surface area contributed by atoms with Crippen molar-refractivity contribution in [2.24, 2.45) is 0 Å². The molecule has 3 heterocycles. The molecule has 0 bridgehead atoms. The Kier molecular flexibility index (Phi) is 5.03. The summed E-state index contributed by atoms with van der Waals surface area (Å²) in [5.41, 5.74) is 6.10. The predicted molar refractivity (Wildman–Crippen MR) is 98.3 cm³/mol. The SMILES string of the molecule is CC1NNCC1NC(=O)CN1CC2(CCOCC2)Oc2ccccc2C1=O. The molecule has 0 saturated carbocycles. The van der Waals surface area contributed by atoms with Gasteiger partial charge in [-0.3, -0.25) is 20.4 Å². The zero-order chi connectivity index (χ0) is 18.9. The number of hydrogen-bond acceptors (Lipinski definition) is 6. The summed E-state index contributed by atoms with van der Waals surface area (Å²) in [5, 5.41) is 3.01. The third-order valence-corrected chi connectivity index (χ3v) is 5.55. The molecule has 0 aliphatic carbocycles. The topological polar surface area (TPSA) is 91.9 Å². The number of carbonyl (C=O) groups excluding carboxylic acids is 2. The van der Waals surface area contributed by atoms with Gasteiger partial charge in [-0.1, -0.05) is 12.1 Å². The zero-order valence-corrected chi connectivity index (χ0v) is 15.5. The molecule has 1 aromatic rings. The summed E-state index contributed by atoms with van der Waals surface area (Å²) in [6.07, 6.45) is 1.39. The van der Waals surface area contributed by atoms with Crippen LogP contribution >= 0.6 is 0 Å². The normalized spacial score (nSPS) is 27.0. The van der Waals surface area contributed by atoms with Gasteiger partial charge in [0.25, 0.3) is 5.91 Å². The molecule has 1 spiro atoms. The molecule has 3 aliphatic rings. The molecule has 2 saturated heterocycles. The second-order valence-electron chi connectivity index (χ2n) is 7.54. The maximum absolute atomic E-state index is 13.1. The Balaban J connectivity index is 1.55. The van der Waals surface area contributed by atoms with Crippen molar-refractivity contribution in [2.75, 3.05) is 32.8 Å². The largest absolute Gasteiger partial charge is 0.484 e. The Morgan fingerprint density at radius 1 is 1.33 bits per heavy atom. The van der Waals surface area contributed by atoms with Gasteiger partial charge < -0.3 is 19.7 Å². The first-order valence-corrected chi connectivity index (χ1v) is 9.49. The number of nitrogens with zero attached hydrogens (tertiary/aromatic N) is 1. The van der Waals surface area contributed by atoms with E-state index in [1.165, 1.54) is 0 Å². The van der Waals surface area contributed by atoms with Crippen molar-refractivity contribution in [3.8, 4) is 5.75 Å². The van der Waals surface area contributed by atoms with Gasteiger partial charge in [0, 0.05) is 25.4 Å². The zero-order valence-electron chi connectivity index (χ0n) is 15.5. The Morgan fingerprint density at radius 2 is 2.11 bits per heavy atom. The molecule has 8 heteroatoms. The van der Waals surface area contributed by atoms with Crippen molar-refractivity contribution in [3.05, 3.63) is 29.8 Å². The molecule has 0 aromatic heterocycles. The lowest BCUT2D eigenvalue weighted by Gasteiger charge is -2.38. The lowest BCUT2D eigenvalue weighted by molar-refractivity contribution is -0.123. The Morgan fingerprint density at radius 3 is 2.85 bits per heavy atom. The van der Waals surface area contributed by atoms with E-state index in [0.29, 0.717) is 50.5 Å². The molecule has 27 heavy (non-hydrogen) atoms. The van der Waals surface area contributed by atoms with Crippen molar-refractivity contribution in [3.63, 3.8) is 0 Å². The Labute approximate surface area is 158 Å². The van der Waals surface area contributed by atoms with E-state index in [0.717, 1.165) is 0 Å². The smallest absolute Gasteiger partial charge is 0.258 e. The predicted octanol–water partition coefficient (Wildman–Crippen LogP) is 0.0515. The standard InChI is InChI=1S/C19H26N4O4/c1-13-15(10-20-22-13)21-17(24)11-23-12-19(6-8-26-9-7-19)27-16-5-3-2-4-14(16)18(23)25/h2-5,13,15,20,22H,6-12H2,1H3,(H,21,24). The van der Waals surface area contributed by atoms with Gasteiger partial charge in [0.1, 0.15) is 17.9 Å². The molecule has 2 amide bonds. The number of benzene rings is 1. The van der Waals surface area contributed by atoms with E-state index in [9.17, 15) is 9.59 Å². The van der Waals surface area contributed by atoms with Crippen LogP contribution in [-0.4, -0.2) is 67.2 Å². The number of ether oxygens (including phenoxy) is 2. The van der Waals surface area contributed by atoms with Gasteiger partial charge >= 0.3 is 0 Å². The fourth-order valence-corrected chi connectivity index (χ4v) is 3.93. The van der Waals surface area contributed by atoms with Crippen molar-refractivity contribution in [1.82, 2.24) is 21.1 Å². The summed E-state index contributed by atoms with van der Waals surface area (Å²) in [7, 11) is 0. The first-order chi connectivity index (χ1) is 13.1. The van der Waals surface area contributed by atoms with Crippen molar-refractivity contribution < 1.29 is 19.1 Å². The number of nitrogens with one attached hydrogen (secondary N) is 3. The van der Waals surface area contributed by atoms with Gasteiger partial charge in [0.2, 0.25) is 5.91 Å². The van der Waals surface area contributed by atoms with Gasteiger partial charge in [-0.05, 0) is 19.1 Å². The number of hydrogen-bond donors (Lipinski definition) is 3. The molecule has 2 atom stereocenters. The fourth-order valence-electron chi connectivity index (χ4n) is 3.93. The highest BCUT2D eigenvalue weighted by Crippen LogP contribution is 2.34. The molecule has 3 aliphatic heterocycles. The van der Waals surface area contributed by atoms with Crippen LogP contribution in [0.2, 0.25) is 0 Å². The minimum Gasteiger partial charge on any atom is -0.484 e. The number of hydrazine groups is 1. The van der Waals surface area contributed by atoms with E-state index in [1.54, 1.807) is 11.0 Å². The van der Waals surface area contributed by atoms with Crippen LogP contribution in [0.1, 0.15) is 30.1 Å². The number of carbonyl (C=O) groups is 2. The van der Waals surface area contributed by atoms with Crippen LogP contribution in [0, 0.1) is 0 Å². The first kappa shape index (κ1) is 18.2. The van der Waals surface area contributed by atoms with E-state index in [1.807, 2.05) is 25.1 Å². The van der Waals surface area contributed by atoms with Gasteiger partial charge in [0.05, 0.1) is 31.4 Å². The first-order valence-electron chi connectivity index (χ1n) is 9.49. The maximum atomic E-state index is 13.1. The van der Waals surface area contributed by atoms with Gasteiger partial charge in [-0.25, -0.2) is 0 Å². The summed E-state index contributed by atoms with van der Waals surface area (Å²) in [6.45, 7) is 4.24. The van der Waals surface area contributed by atoms with Crippen molar-refractivity contribution in [2.45, 2.75) is 37.5 Å². The molecule has 4 rings (SSSR count). The fraction of sp³-hybridized carbons (Fsp3) is 0.579. The molecule has 146 valence electrons. The highest BCUT2D eigenvalue weighted by molar-refractivity contribution is 5.99. The van der Waals surface area contributed by atoms with E-state index in [2.05, 4.69) is 16.2 Å². The molecule has 8 nitrogen and oxygen atoms in total. The van der Waals surface area contributed by atoms with Crippen LogP contribution in [0.15, 0.2) is 24.3 Å². The van der Waals surface area contributed by atoms with Crippen LogP contribution in [0.25, 0.3) is 0 Å². The van der Waals surface area contributed by atoms with Crippen LogP contribution in [0.4, 0.5) is 0 Å². The van der Waals surface area contributed by atoms with Crippen molar-refractivity contribution in [1.29, 1.82) is 0 Å². The summed E-state index contributed by atoms with van der Waals surface area (Å²) in [5.74, 6) is 0.261. The van der Waals surface area contributed by atoms with Gasteiger partial charge in [-0.15, -0.1) is 0 Å². The van der Waals surface area contributed by atoms with E-state index < -0.39 is 5.60 Å². The highest BCUT2D eigenvalue weighted by atomic mass is 16.5. The monoisotopic (exact) mass is 374 g/mol. The average molecular weight is 374 g/mol. The minimum absolute atomic E-state index is 0.000145. The minimum atomic E-state index is -0.509. The van der Waals surface area contributed by atoms with E-state index >= 15 is 0 Å². The summed E-state index contributed by atoms with van der Waals surface area (Å²) in [6, 6.07) is 7.40. The van der Waals surface area contributed by atoms with Crippen molar-refractivity contribution >= 4 is 11.8 Å². The number of amides is 2. The van der Waals surface area contributed by atoms with E-state index in [4.69, 9.17) is 9.47 Å². The number of rotatable bonds is 3. The third kappa shape index (κ3) is 3.78. The van der Waals surface area contributed by atoms with E-state index in [-0.39, 0.29) is 30.4 Å². The Bertz CT molecular complexity index is 719. The lowest BCUT2D eigenvalue weighted by atomic mass is 9.93. The summed E-state index contributed by atoms with van der Waals surface area (Å²) in [4.78, 5) is 27.4. The average Bonchev–Trinajstić information content (AvgIpc) is 3.01. The molecule has 0 radical (unpaired) electrons. The lowest BCUT2D eigenvalue weighted by Crippen LogP contribution is -2.54. The van der Waals surface area contributed by atoms with Crippen LogP contribution in [-0.2, 0) is 9.53 Å². The highest BCUT2D eigenvalue weighted by Gasteiger charge is 2.42. The summed E-state index contributed by atoms with van der Waals surface area (Å²) < 4.78 is 11.8. The Hall–Kier alpha value is -2.16. The molecule has 3 N–H and O–H groups in total. The van der Waals surface area contributed by atoms with Crippen LogP contribution in [0.5, 0.6) is 5.75 Å². The van der Waals surface area contributed by atoms with Gasteiger partial charge in [-0.2, -0.15) is 0 Å². The van der Waals surface area contributed by atoms with Crippen LogP contribution in [0.3, 0.4) is 0 Å². The molecule has 2 unspecified atom stereocenters.